The van der Waals surface area contributed by atoms with Crippen LogP contribution in [0.1, 0.15) is 56.4 Å². The summed E-state index contributed by atoms with van der Waals surface area (Å²) in [5.41, 5.74) is 5.49. The molecule has 0 aliphatic heterocycles. The van der Waals surface area contributed by atoms with Gasteiger partial charge in [-0.1, -0.05) is 51.1 Å². The van der Waals surface area contributed by atoms with Crippen molar-refractivity contribution in [2.75, 3.05) is 7.11 Å². The van der Waals surface area contributed by atoms with Gasteiger partial charge in [-0.25, -0.2) is 14.7 Å². The molecule has 0 aliphatic rings. The first-order chi connectivity index (χ1) is 22.3. The molecule has 0 radical (unpaired) electrons. The average Bonchev–Trinajstić information content (AvgIpc) is 3.67. The van der Waals surface area contributed by atoms with E-state index in [4.69, 9.17) is 4.74 Å². The number of nitrogens with zero attached hydrogens (tertiary/aromatic N) is 5. The van der Waals surface area contributed by atoms with Crippen LogP contribution in [0.2, 0.25) is 0 Å². The lowest BCUT2D eigenvalue weighted by atomic mass is 9.93. The normalized spacial score (nSPS) is 14.3. The minimum Gasteiger partial charge on any atom is -0.497 e. The molecule has 3 unspecified atom stereocenters. The van der Waals surface area contributed by atoms with E-state index >= 15 is 0 Å². The first-order valence-electron chi connectivity index (χ1n) is 15.0. The van der Waals surface area contributed by atoms with Crippen LogP contribution in [-0.2, 0) is 0 Å². The molecule has 13 heteroatoms. The molecule has 3 aromatic carbocycles. The van der Waals surface area contributed by atoms with Crippen molar-refractivity contribution in [1.82, 2.24) is 24.6 Å². The fourth-order valence-electron chi connectivity index (χ4n) is 5.17. The number of aliphatic hydroxyl groups is 1. The summed E-state index contributed by atoms with van der Waals surface area (Å²) in [7, 11) is 1.64. The van der Waals surface area contributed by atoms with Gasteiger partial charge in [-0.05, 0) is 67.1 Å². The minimum absolute atomic E-state index is 0.0278. The Morgan fingerprint density at radius 3 is 2.28 bits per heavy atom. The Labute approximate surface area is 275 Å². The van der Waals surface area contributed by atoms with Crippen LogP contribution >= 0.6 is 11.3 Å². The van der Waals surface area contributed by atoms with E-state index in [-0.39, 0.29) is 23.6 Å². The van der Waals surface area contributed by atoms with Crippen molar-refractivity contribution in [3.8, 4) is 34.3 Å². The molecule has 3 atom stereocenters. The number of halogens is 3. The SMILES string of the molecule is COc1ccc(C(C)C)c(-n2c(C)csc2=NC(O)NC(C)C(C)c2ccc(-c3ncn(-c4ccc(OC(F)(F)F)cc4)n3)cc2)c1. The van der Waals surface area contributed by atoms with Crippen molar-refractivity contribution in [2.45, 2.75) is 65.2 Å². The Balaban J connectivity index is 1.27. The maximum atomic E-state index is 12.5. The van der Waals surface area contributed by atoms with Crippen molar-refractivity contribution in [1.29, 1.82) is 0 Å². The zero-order chi connectivity index (χ0) is 33.9. The van der Waals surface area contributed by atoms with Gasteiger partial charge < -0.3 is 14.6 Å². The summed E-state index contributed by atoms with van der Waals surface area (Å²) in [5.74, 6) is 1.21. The van der Waals surface area contributed by atoms with E-state index in [2.05, 4.69) is 52.0 Å². The number of benzene rings is 3. The lowest BCUT2D eigenvalue weighted by molar-refractivity contribution is -0.274. The lowest BCUT2D eigenvalue weighted by Crippen LogP contribution is -2.39. The number of rotatable bonds is 11. The standard InChI is InChI=1S/C34H37F3N6O3S/c1-20(2)29-16-15-28(45-6)17-30(29)43-21(3)18-47-33(43)40-32(44)39-23(5)22(4)24-7-9-25(10-8-24)31-38-19-42(41-31)26-11-13-27(14-12-26)46-34(35,36)37/h7-20,22-23,32,39,44H,1-6H3. The van der Waals surface area contributed by atoms with E-state index in [0.717, 1.165) is 33.8 Å². The molecule has 0 fully saturated rings. The van der Waals surface area contributed by atoms with E-state index in [9.17, 15) is 18.3 Å². The number of alkyl halides is 3. The predicted octanol–water partition coefficient (Wildman–Crippen LogP) is 7.08. The van der Waals surface area contributed by atoms with Gasteiger partial charge in [0.25, 0.3) is 0 Å². The molecule has 0 saturated carbocycles. The van der Waals surface area contributed by atoms with Crippen molar-refractivity contribution < 1.29 is 27.8 Å². The van der Waals surface area contributed by atoms with E-state index in [1.807, 2.05) is 60.2 Å². The topological polar surface area (TPSA) is 98.7 Å². The molecule has 2 heterocycles. The van der Waals surface area contributed by atoms with E-state index in [1.54, 1.807) is 7.11 Å². The summed E-state index contributed by atoms with van der Waals surface area (Å²) in [6.07, 6.45) is -4.39. The van der Waals surface area contributed by atoms with Crippen LogP contribution in [0.25, 0.3) is 22.8 Å². The van der Waals surface area contributed by atoms with Gasteiger partial charge in [0.05, 0.1) is 18.5 Å². The zero-order valence-electron chi connectivity index (χ0n) is 26.9. The number of aromatic nitrogens is 4. The van der Waals surface area contributed by atoms with E-state index in [0.29, 0.717) is 16.3 Å². The van der Waals surface area contributed by atoms with Crippen molar-refractivity contribution in [2.24, 2.45) is 4.99 Å². The number of methoxy groups -OCH3 is 1. The van der Waals surface area contributed by atoms with Crippen LogP contribution in [0, 0.1) is 6.92 Å². The molecule has 0 spiro atoms. The molecule has 0 aliphatic carbocycles. The summed E-state index contributed by atoms with van der Waals surface area (Å²) < 4.78 is 50.3. The van der Waals surface area contributed by atoms with E-state index < -0.39 is 12.7 Å². The van der Waals surface area contributed by atoms with Crippen LogP contribution in [0.3, 0.4) is 0 Å². The van der Waals surface area contributed by atoms with Crippen molar-refractivity contribution >= 4 is 11.3 Å². The van der Waals surface area contributed by atoms with Gasteiger partial charge in [0.2, 0.25) is 6.35 Å². The third-order valence-electron chi connectivity index (χ3n) is 7.90. The molecule has 5 aromatic rings. The van der Waals surface area contributed by atoms with Gasteiger partial charge in [-0.2, -0.15) is 0 Å². The second-order valence-corrected chi connectivity index (χ2v) is 12.3. The van der Waals surface area contributed by atoms with Crippen LogP contribution in [0.5, 0.6) is 11.5 Å². The van der Waals surface area contributed by atoms with Gasteiger partial charge in [0, 0.05) is 28.7 Å². The van der Waals surface area contributed by atoms with Gasteiger partial charge in [0.1, 0.15) is 17.8 Å². The molecule has 2 aromatic heterocycles. The summed E-state index contributed by atoms with van der Waals surface area (Å²) in [4.78, 5) is 9.67. The Bertz CT molecular complexity index is 1860. The van der Waals surface area contributed by atoms with Crippen LogP contribution in [-0.4, -0.2) is 50.3 Å². The molecule has 2 N–H and O–H groups in total. The molecule has 0 bridgehead atoms. The maximum Gasteiger partial charge on any atom is 0.573 e. The Morgan fingerprint density at radius 2 is 1.64 bits per heavy atom. The monoisotopic (exact) mass is 666 g/mol. The Hall–Kier alpha value is -4.46. The van der Waals surface area contributed by atoms with Gasteiger partial charge in [0.15, 0.2) is 10.6 Å². The zero-order valence-corrected chi connectivity index (χ0v) is 27.7. The first kappa shape index (κ1) is 33.9. The largest absolute Gasteiger partial charge is 0.573 e. The highest BCUT2D eigenvalue weighted by Crippen LogP contribution is 2.29. The number of hydrogen-bond donors (Lipinski definition) is 2. The fourth-order valence-corrected chi connectivity index (χ4v) is 6.06. The fraction of sp³-hybridized carbons (Fsp3) is 0.324. The van der Waals surface area contributed by atoms with Crippen LogP contribution in [0.15, 0.2) is 83.4 Å². The van der Waals surface area contributed by atoms with Gasteiger partial charge in [-0.3, -0.25) is 9.88 Å². The highest BCUT2D eigenvalue weighted by molar-refractivity contribution is 7.07. The number of thiazole rings is 1. The minimum atomic E-state index is -4.75. The molecular weight excluding hydrogens is 629 g/mol. The second kappa shape index (κ2) is 14.1. The maximum absolute atomic E-state index is 12.5. The molecule has 0 saturated heterocycles. The highest BCUT2D eigenvalue weighted by atomic mass is 32.1. The number of aliphatic hydroxyl groups excluding tert-OH is 1. The number of aryl methyl sites for hydroxylation is 1. The molecule has 5 rings (SSSR count). The Morgan fingerprint density at radius 1 is 0.957 bits per heavy atom. The summed E-state index contributed by atoms with van der Waals surface area (Å²) in [6, 6.07) is 19.1. The van der Waals surface area contributed by atoms with E-state index in [1.165, 1.54) is 46.6 Å². The molecule has 0 amide bonds. The number of nitrogens with one attached hydrogen (secondary N) is 1. The number of ether oxygens (including phenoxy) is 2. The van der Waals surface area contributed by atoms with Crippen molar-refractivity contribution in [3.05, 3.63) is 100 Å². The molecule has 9 nitrogen and oxygen atoms in total. The predicted molar refractivity (Wildman–Crippen MR) is 175 cm³/mol. The van der Waals surface area contributed by atoms with Gasteiger partial charge in [-0.15, -0.1) is 29.6 Å². The van der Waals surface area contributed by atoms with Gasteiger partial charge >= 0.3 is 6.36 Å². The quantitative estimate of drug-likeness (QED) is 0.146. The summed E-state index contributed by atoms with van der Waals surface area (Å²) >= 11 is 1.46. The lowest BCUT2D eigenvalue weighted by Gasteiger charge is -2.23. The first-order valence-corrected chi connectivity index (χ1v) is 15.9. The van der Waals surface area contributed by atoms with Crippen molar-refractivity contribution in [3.63, 3.8) is 0 Å². The van der Waals surface area contributed by atoms with Crippen LogP contribution in [0.4, 0.5) is 13.2 Å². The van der Waals surface area contributed by atoms with Crippen LogP contribution < -0.4 is 19.6 Å². The number of hydrogen-bond acceptors (Lipinski definition) is 8. The molecule has 47 heavy (non-hydrogen) atoms. The highest BCUT2D eigenvalue weighted by Gasteiger charge is 2.31. The second-order valence-electron chi connectivity index (χ2n) is 11.5. The third kappa shape index (κ3) is 8.10. The summed E-state index contributed by atoms with van der Waals surface area (Å²) in [6.45, 7) is 10.4. The summed E-state index contributed by atoms with van der Waals surface area (Å²) in [5, 5.41) is 20.7. The molecule has 248 valence electrons. The Kier molecular flexibility index (Phi) is 10.2. The third-order valence-corrected chi connectivity index (χ3v) is 8.85. The smallest absolute Gasteiger partial charge is 0.497 e. The molecular formula is C34H37F3N6O3S. The average molecular weight is 667 g/mol.